The summed E-state index contributed by atoms with van der Waals surface area (Å²) >= 11 is 0. The van der Waals surface area contributed by atoms with Gasteiger partial charge in [0.15, 0.2) is 0 Å². The summed E-state index contributed by atoms with van der Waals surface area (Å²) in [6, 6.07) is 6.33. The van der Waals surface area contributed by atoms with Gasteiger partial charge in [0.25, 0.3) is 0 Å². The van der Waals surface area contributed by atoms with Crippen LogP contribution in [-0.2, 0) is 13.1 Å². The summed E-state index contributed by atoms with van der Waals surface area (Å²) in [6.45, 7) is 4.07. The highest BCUT2D eigenvalue weighted by Crippen LogP contribution is 2.11. The predicted molar refractivity (Wildman–Crippen MR) is 69.8 cm³/mol. The Morgan fingerprint density at radius 2 is 2.26 bits per heavy atom. The zero-order valence-corrected chi connectivity index (χ0v) is 10.7. The van der Waals surface area contributed by atoms with Crippen LogP contribution in [0.2, 0.25) is 0 Å². The number of hydrogen-bond acceptors (Lipinski definition) is 3. The van der Waals surface area contributed by atoms with Crippen LogP contribution >= 0.6 is 0 Å². The largest absolute Gasteiger partial charge is 0.329 e. The molecular weight excluding hydrogens is 243 g/mol. The van der Waals surface area contributed by atoms with E-state index in [9.17, 15) is 4.39 Å². The number of nitriles is 1. The molecule has 2 aromatic rings. The molecule has 4 nitrogen and oxygen atoms in total. The van der Waals surface area contributed by atoms with Crippen LogP contribution < -0.4 is 5.32 Å². The number of nitrogens with one attached hydrogen (secondary N) is 1. The van der Waals surface area contributed by atoms with E-state index in [1.165, 1.54) is 12.1 Å². The molecule has 1 heterocycles. The van der Waals surface area contributed by atoms with Crippen LogP contribution in [0.15, 0.2) is 30.6 Å². The van der Waals surface area contributed by atoms with Crippen LogP contribution in [0.25, 0.3) is 0 Å². The Bertz CT molecular complexity index is 598. The highest BCUT2D eigenvalue weighted by atomic mass is 19.1. The Kier molecular flexibility index (Phi) is 4.26. The average molecular weight is 258 g/mol. The number of benzene rings is 1. The molecule has 98 valence electrons. The van der Waals surface area contributed by atoms with Crippen molar-refractivity contribution in [1.29, 1.82) is 5.26 Å². The number of rotatable bonds is 5. The molecule has 19 heavy (non-hydrogen) atoms. The Morgan fingerprint density at radius 3 is 3.00 bits per heavy atom. The lowest BCUT2D eigenvalue weighted by Crippen LogP contribution is -2.16. The summed E-state index contributed by atoms with van der Waals surface area (Å²) in [6.07, 6.45) is 3.57. The van der Waals surface area contributed by atoms with Gasteiger partial charge < -0.3 is 9.88 Å². The molecule has 0 fully saturated rings. The standard InChI is InChI=1S/C14H15FN4/c1-2-17-9-14-18-3-4-19(14)10-12-5-11(8-16)6-13(15)7-12/h3-7,17H,2,9-10H2,1H3. The maximum Gasteiger partial charge on any atom is 0.124 e. The van der Waals surface area contributed by atoms with Crippen molar-refractivity contribution in [3.63, 3.8) is 0 Å². The minimum atomic E-state index is -0.387. The average Bonchev–Trinajstić information content (AvgIpc) is 2.83. The van der Waals surface area contributed by atoms with Gasteiger partial charge in [0.1, 0.15) is 11.6 Å². The van der Waals surface area contributed by atoms with Gasteiger partial charge in [0, 0.05) is 18.9 Å². The van der Waals surface area contributed by atoms with E-state index in [0.29, 0.717) is 18.7 Å². The molecule has 1 aromatic carbocycles. The molecule has 0 unspecified atom stereocenters. The topological polar surface area (TPSA) is 53.6 Å². The molecule has 0 atom stereocenters. The second kappa shape index (κ2) is 6.12. The van der Waals surface area contributed by atoms with Gasteiger partial charge in [-0.05, 0) is 30.3 Å². The van der Waals surface area contributed by atoms with Gasteiger partial charge in [-0.1, -0.05) is 6.92 Å². The van der Waals surface area contributed by atoms with Crippen molar-refractivity contribution >= 4 is 0 Å². The Labute approximate surface area is 111 Å². The smallest absolute Gasteiger partial charge is 0.124 e. The minimum absolute atomic E-state index is 0.336. The van der Waals surface area contributed by atoms with Crippen molar-refractivity contribution in [2.24, 2.45) is 0 Å². The van der Waals surface area contributed by atoms with Crippen LogP contribution in [0.1, 0.15) is 23.9 Å². The third kappa shape index (κ3) is 3.39. The zero-order chi connectivity index (χ0) is 13.7. The Hall–Kier alpha value is -2.19. The minimum Gasteiger partial charge on any atom is -0.329 e. The van der Waals surface area contributed by atoms with Crippen LogP contribution in [0.5, 0.6) is 0 Å². The van der Waals surface area contributed by atoms with Gasteiger partial charge >= 0.3 is 0 Å². The molecule has 5 heteroatoms. The van der Waals surface area contributed by atoms with E-state index < -0.39 is 0 Å². The molecule has 0 aliphatic heterocycles. The van der Waals surface area contributed by atoms with E-state index in [1.54, 1.807) is 12.3 Å². The van der Waals surface area contributed by atoms with Gasteiger partial charge in [-0.3, -0.25) is 0 Å². The predicted octanol–water partition coefficient (Wildman–Crippen LogP) is 2.05. The maximum atomic E-state index is 13.4. The number of hydrogen-bond donors (Lipinski definition) is 1. The van der Waals surface area contributed by atoms with Gasteiger partial charge in [-0.2, -0.15) is 5.26 Å². The van der Waals surface area contributed by atoms with Crippen LogP contribution in [0, 0.1) is 17.1 Å². The fourth-order valence-corrected chi connectivity index (χ4v) is 1.89. The molecule has 0 amide bonds. The van der Waals surface area contributed by atoms with Crippen molar-refractivity contribution in [3.8, 4) is 6.07 Å². The Morgan fingerprint density at radius 1 is 1.42 bits per heavy atom. The number of nitrogens with zero attached hydrogens (tertiary/aromatic N) is 3. The number of halogens is 1. The monoisotopic (exact) mass is 258 g/mol. The van der Waals surface area contributed by atoms with E-state index in [4.69, 9.17) is 5.26 Å². The van der Waals surface area contributed by atoms with E-state index in [1.807, 2.05) is 23.8 Å². The fraction of sp³-hybridized carbons (Fsp3) is 0.286. The summed E-state index contributed by atoms with van der Waals surface area (Å²) in [5.41, 5.74) is 1.09. The fourth-order valence-electron chi connectivity index (χ4n) is 1.89. The number of imidazole rings is 1. The lowest BCUT2D eigenvalue weighted by molar-refractivity contribution is 0.616. The van der Waals surface area contributed by atoms with Gasteiger partial charge in [-0.25, -0.2) is 9.37 Å². The molecule has 2 rings (SSSR count). The van der Waals surface area contributed by atoms with E-state index in [0.717, 1.165) is 17.9 Å². The van der Waals surface area contributed by atoms with Crippen molar-refractivity contribution in [3.05, 3.63) is 53.4 Å². The first kappa shape index (κ1) is 13.2. The highest BCUT2D eigenvalue weighted by molar-refractivity contribution is 5.33. The van der Waals surface area contributed by atoms with Crippen LogP contribution in [0.3, 0.4) is 0 Å². The quantitative estimate of drug-likeness (QED) is 0.893. The van der Waals surface area contributed by atoms with Crippen molar-refractivity contribution < 1.29 is 4.39 Å². The van der Waals surface area contributed by atoms with Crippen LogP contribution in [-0.4, -0.2) is 16.1 Å². The first-order valence-corrected chi connectivity index (χ1v) is 6.13. The van der Waals surface area contributed by atoms with Crippen molar-refractivity contribution in [1.82, 2.24) is 14.9 Å². The summed E-state index contributed by atoms with van der Waals surface area (Å²) in [5, 5.41) is 12.0. The maximum absolute atomic E-state index is 13.4. The second-order valence-electron chi connectivity index (χ2n) is 4.21. The zero-order valence-electron chi connectivity index (χ0n) is 10.7. The summed E-state index contributed by atoms with van der Waals surface area (Å²) in [5.74, 6) is 0.506. The molecule has 0 saturated carbocycles. The molecule has 1 aromatic heterocycles. The van der Waals surface area contributed by atoms with Gasteiger partial charge in [0.2, 0.25) is 0 Å². The lowest BCUT2D eigenvalue weighted by atomic mass is 10.1. The van der Waals surface area contributed by atoms with E-state index in [-0.39, 0.29) is 5.82 Å². The normalized spacial score (nSPS) is 10.4. The van der Waals surface area contributed by atoms with Gasteiger partial charge in [-0.15, -0.1) is 0 Å². The van der Waals surface area contributed by atoms with Crippen molar-refractivity contribution in [2.75, 3.05) is 6.54 Å². The molecule has 1 N–H and O–H groups in total. The van der Waals surface area contributed by atoms with Gasteiger partial charge in [0.05, 0.1) is 18.2 Å². The third-order valence-electron chi connectivity index (χ3n) is 2.77. The molecule has 0 bridgehead atoms. The molecule has 0 aliphatic carbocycles. The second-order valence-corrected chi connectivity index (χ2v) is 4.21. The summed E-state index contributed by atoms with van der Waals surface area (Å²) in [4.78, 5) is 4.26. The highest BCUT2D eigenvalue weighted by Gasteiger charge is 2.05. The molecule has 0 spiro atoms. The summed E-state index contributed by atoms with van der Waals surface area (Å²) < 4.78 is 15.3. The SMILES string of the molecule is CCNCc1nccn1Cc1cc(F)cc(C#N)c1. The molecular formula is C14H15FN4. The first-order chi connectivity index (χ1) is 9.22. The molecule has 0 saturated heterocycles. The third-order valence-corrected chi connectivity index (χ3v) is 2.77. The lowest BCUT2D eigenvalue weighted by Gasteiger charge is -2.08. The van der Waals surface area contributed by atoms with E-state index in [2.05, 4.69) is 10.3 Å². The molecule has 0 aliphatic rings. The Balaban J connectivity index is 2.19. The first-order valence-electron chi connectivity index (χ1n) is 6.13. The van der Waals surface area contributed by atoms with Crippen LogP contribution in [0.4, 0.5) is 4.39 Å². The number of aromatic nitrogens is 2. The van der Waals surface area contributed by atoms with E-state index >= 15 is 0 Å². The molecule has 0 radical (unpaired) electrons. The van der Waals surface area contributed by atoms with Crippen molar-refractivity contribution in [2.45, 2.75) is 20.0 Å². The summed E-state index contributed by atoms with van der Waals surface area (Å²) in [7, 11) is 0.